The number of halogens is 2. The summed E-state index contributed by atoms with van der Waals surface area (Å²) in [5.41, 5.74) is 0.419. The standard InChI is InChI=1S/C32H41Cl2N3O4/c1-3-4-5-6-16-32(2,31(38)39)41-29-15-13-24-12-14-25(23-27(24)35-29)40-22-8-7-17-36-18-20-37(21-19-36)28-11-9-10-26(33)30(28)34/h9-15,23H,3-8,16-22H2,1-2H3,(H,38,39). The molecule has 41 heavy (non-hydrogen) atoms. The van der Waals surface area contributed by atoms with Crippen LogP contribution in [0.1, 0.15) is 58.8 Å². The number of carboxylic acids is 1. The van der Waals surface area contributed by atoms with E-state index in [-0.39, 0.29) is 0 Å². The van der Waals surface area contributed by atoms with Gasteiger partial charge in [-0.05, 0) is 69.5 Å². The van der Waals surface area contributed by atoms with E-state index in [0.717, 1.165) is 93.6 Å². The maximum Gasteiger partial charge on any atom is 0.347 e. The molecule has 2 heterocycles. The molecule has 2 aromatic carbocycles. The molecular weight excluding hydrogens is 561 g/mol. The number of piperazine rings is 1. The highest BCUT2D eigenvalue weighted by Gasteiger charge is 2.35. The average Bonchev–Trinajstić information content (AvgIpc) is 2.97. The van der Waals surface area contributed by atoms with Gasteiger partial charge in [-0.3, -0.25) is 4.90 Å². The maximum atomic E-state index is 12.0. The lowest BCUT2D eigenvalue weighted by molar-refractivity contribution is -0.154. The van der Waals surface area contributed by atoms with Gasteiger partial charge in [-0.1, -0.05) is 55.5 Å². The van der Waals surface area contributed by atoms with Gasteiger partial charge in [0.25, 0.3) is 0 Å². The fourth-order valence-electron chi connectivity index (χ4n) is 5.12. The van der Waals surface area contributed by atoms with Crippen molar-refractivity contribution in [2.75, 3.05) is 44.2 Å². The molecule has 1 N–H and O–H groups in total. The smallest absolute Gasteiger partial charge is 0.347 e. The largest absolute Gasteiger partial charge is 0.494 e. The van der Waals surface area contributed by atoms with Crippen LogP contribution in [0.5, 0.6) is 11.6 Å². The molecule has 1 fully saturated rings. The second kappa shape index (κ2) is 14.9. The molecule has 3 aromatic rings. The Morgan fingerprint density at radius 3 is 2.54 bits per heavy atom. The third-order valence-corrected chi connectivity index (χ3v) is 8.52. The first-order chi connectivity index (χ1) is 19.8. The lowest BCUT2D eigenvalue weighted by Gasteiger charge is -2.36. The Kier molecular flexibility index (Phi) is 11.4. The topological polar surface area (TPSA) is 75.1 Å². The van der Waals surface area contributed by atoms with Crippen LogP contribution in [0.3, 0.4) is 0 Å². The molecule has 0 radical (unpaired) electrons. The number of benzene rings is 2. The third kappa shape index (κ3) is 8.63. The van der Waals surface area contributed by atoms with Crippen molar-refractivity contribution in [3.05, 3.63) is 58.6 Å². The lowest BCUT2D eigenvalue weighted by atomic mass is 9.98. The number of anilines is 1. The number of carbonyl (C=O) groups is 1. The van der Waals surface area contributed by atoms with Gasteiger partial charge in [-0.2, -0.15) is 0 Å². The molecule has 9 heteroatoms. The van der Waals surface area contributed by atoms with Crippen LogP contribution in [-0.2, 0) is 4.79 Å². The molecule has 7 nitrogen and oxygen atoms in total. The van der Waals surface area contributed by atoms with Gasteiger partial charge in [0.05, 0.1) is 27.9 Å². The highest BCUT2D eigenvalue weighted by atomic mass is 35.5. The molecule has 1 aliphatic rings. The summed E-state index contributed by atoms with van der Waals surface area (Å²) in [4.78, 5) is 21.4. The van der Waals surface area contributed by atoms with Gasteiger partial charge in [0.1, 0.15) is 5.75 Å². The summed E-state index contributed by atoms with van der Waals surface area (Å²) in [5, 5.41) is 12.0. The highest BCUT2D eigenvalue weighted by molar-refractivity contribution is 6.43. The maximum absolute atomic E-state index is 12.0. The first kappa shape index (κ1) is 31.2. The van der Waals surface area contributed by atoms with Crippen LogP contribution >= 0.6 is 23.2 Å². The van der Waals surface area contributed by atoms with Gasteiger partial charge >= 0.3 is 5.97 Å². The summed E-state index contributed by atoms with van der Waals surface area (Å²) in [6.45, 7) is 9.24. The van der Waals surface area contributed by atoms with Crippen molar-refractivity contribution in [2.24, 2.45) is 0 Å². The fraction of sp³-hybridized carbons (Fsp3) is 0.500. The predicted molar refractivity (Wildman–Crippen MR) is 167 cm³/mol. The minimum absolute atomic E-state index is 0.313. The Bertz CT molecular complexity index is 1300. The zero-order valence-electron chi connectivity index (χ0n) is 24.1. The number of aliphatic carboxylic acids is 1. The second-order valence-electron chi connectivity index (χ2n) is 10.9. The zero-order valence-corrected chi connectivity index (χ0v) is 25.6. The van der Waals surface area contributed by atoms with Crippen molar-refractivity contribution in [1.82, 2.24) is 9.88 Å². The minimum Gasteiger partial charge on any atom is -0.494 e. The first-order valence-corrected chi connectivity index (χ1v) is 15.4. The first-order valence-electron chi connectivity index (χ1n) is 14.7. The predicted octanol–water partition coefficient (Wildman–Crippen LogP) is 7.72. The lowest BCUT2D eigenvalue weighted by Crippen LogP contribution is -2.46. The van der Waals surface area contributed by atoms with E-state index in [1.54, 1.807) is 13.0 Å². The molecule has 0 spiro atoms. The number of aromatic nitrogens is 1. The number of fused-ring (bicyclic) bond motifs is 1. The Morgan fingerprint density at radius 1 is 1.00 bits per heavy atom. The van der Waals surface area contributed by atoms with Gasteiger partial charge in [0, 0.05) is 43.7 Å². The summed E-state index contributed by atoms with van der Waals surface area (Å²) in [6.07, 6.45) is 6.42. The van der Waals surface area contributed by atoms with Crippen molar-refractivity contribution in [3.8, 4) is 11.6 Å². The third-order valence-electron chi connectivity index (χ3n) is 7.71. The second-order valence-corrected chi connectivity index (χ2v) is 11.7. The van der Waals surface area contributed by atoms with Crippen LogP contribution in [0.15, 0.2) is 48.5 Å². The molecule has 4 rings (SSSR count). The molecule has 0 bridgehead atoms. The van der Waals surface area contributed by atoms with Crippen LogP contribution in [-0.4, -0.2) is 65.9 Å². The van der Waals surface area contributed by atoms with E-state index < -0.39 is 11.6 Å². The van der Waals surface area contributed by atoms with Crippen LogP contribution in [0.25, 0.3) is 10.9 Å². The number of carboxylic acid groups (broad SMARTS) is 1. The molecule has 0 amide bonds. The number of hydrogen-bond acceptors (Lipinski definition) is 6. The van der Waals surface area contributed by atoms with Crippen LogP contribution < -0.4 is 14.4 Å². The fourth-order valence-corrected chi connectivity index (χ4v) is 5.54. The van der Waals surface area contributed by atoms with Crippen LogP contribution in [0.2, 0.25) is 10.0 Å². The molecule has 1 aromatic heterocycles. The summed E-state index contributed by atoms with van der Waals surface area (Å²) in [6, 6.07) is 15.2. The molecule has 1 atom stereocenters. The minimum atomic E-state index is -1.31. The van der Waals surface area contributed by atoms with Crippen molar-refractivity contribution in [1.29, 1.82) is 0 Å². The number of nitrogens with zero attached hydrogens (tertiary/aromatic N) is 3. The van der Waals surface area contributed by atoms with Crippen molar-refractivity contribution in [2.45, 2.75) is 64.4 Å². The van der Waals surface area contributed by atoms with E-state index in [4.69, 9.17) is 32.7 Å². The van der Waals surface area contributed by atoms with E-state index in [1.807, 2.05) is 42.5 Å². The summed E-state index contributed by atoms with van der Waals surface area (Å²) < 4.78 is 12.0. The Balaban J connectivity index is 1.22. The molecule has 0 saturated carbocycles. The van der Waals surface area contributed by atoms with Crippen LogP contribution in [0.4, 0.5) is 5.69 Å². The van der Waals surface area contributed by atoms with Gasteiger partial charge in [-0.25, -0.2) is 9.78 Å². The molecule has 1 aliphatic heterocycles. The summed E-state index contributed by atoms with van der Waals surface area (Å²) >= 11 is 12.6. The summed E-state index contributed by atoms with van der Waals surface area (Å²) in [5.74, 6) is 0.0860. The van der Waals surface area contributed by atoms with E-state index in [0.29, 0.717) is 29.0 Å². The molecule has 222 valence electrons. The molecule has 1 unspecified atom stereocenters. The quantitative estimate of drug-likeness (QED) is 0.179. The SMILES string of the molecule is CCCCCCC(C)(Oc1ccc2ccc(OCCCCN3CCN(c4cccc(Cl)c4Cl)CC3)cc2n1)C(=O)O. The van der Waals surface area contributed by atoms with Crippen LogP contribution in [0, 0.1) is 0 Å². The van der Waals surface area contributed by atoms with E-state index in [2.05, 4.69) is 21.7 Å². The van der Waals surface area contributed by atoms with E-state index in [9.17, 15) is 9.90 Å². The van der Waals surface area contributed by atoms with Gasteiger partial charge in [0.15, 0.2) is 0 Å². The molecule has 1 saturated heterocycles. The van der Waals surface area contributed by atoms with E-state index in [1.165, 1.54) is 0 Å². The molecule has 0 aliphatic carbocycles. The number of pyridine rings is 1. The Morgan fingerprint density at radius 2 is 1.78 bits per heavy atom. The van der Waals surface area contributed by atoms with E-state index >= 15 is 0 Å². The number of unbranched alkanes of at least 4 members (excludes halogenated alkanes) is 4. The monoisotopic (exact) mass is 601 g/mol. The van der Waals surface area contributed by atoms with Gasteiger partial charge in [-0.15, -0.1) is 0 Å². The number of rotatable bonds is 15. The van der Waals surface area contributed by atoms with Crippen molar-refractivity contribution in [3.63, 3.8) is 0 Å². The highest BCUT2D eigenvalue weighted by Crippen LogP contribution is 2.33. The number of ether oxygens (including phenoxy) is 2. The Hall–Kier alpha value is -2.74. The molecular formula is C32H41Cl2N3O4. The summed E-state index contributed by atoms with van der Waals surface area (Å²) in [7, 11) is 0. The van der Waals surface area contributed by atoms with Gasteiger partial charge in [0.2, 0.25) is 11.5 Å². The van der Waals surface area contributed by atoms with Crippen molar-refractivity contribution >= 4 is 45.8 Å². The zero-order chi connectivity index (χ0) is 29.2. The Labute approximate surface area is 253 Å². The normalized spacial score (nSPS) is 15.6. The van der Waals surface area contributed by atoms with Gasteiger partial charge < -0.3 is 19.5 Å². The average molecular weight is 603 g/mol. The van der Waals surface area contributed by atoms with Crippen molar-refractivity contribution < 1.29 is 19.4 Å². The number of hydrogen-bond donors (Lipinski definition) is 1.